The lowest BCUT2D eigenvalue weighted by Gasteiger charge is -2.63. The molecule has 1 spiro atoms. The summed E-state index contributed by atoms with van der Waals surface area (Å²) >= 11 is 0. The smallest absolute Gasteiger partial charge is 0.477 e. The molecule has 0 N–H and O–H groups in total. The third kappa shape index (κ3) is 2.64. The first-order valence-corrected chi connectivity index (χ1v) is 11.4. The second kappa shape index (κ2) is 7.02. The molecular weight excluding hydrogens is 440 g/mol. The fraction of sp³-hybridized carbons (Fsp3) is 0.440. The number of carbonyl (C=O) groups is 2. The topological polar surface area (TPSA) is 108 Å². The molecule has 0 aromatic heterocycles. The number of likely N-dealkylation sites (N-methyl/N-ethyl adjacent to an activating group) is 1. The number of Topliss-reactive ketones (excluding diaryl/α,β-unsaturated/α-hetero) is 1. The van der Waals surface area contributed by atoms with E-state index in [9.17, 15) is 19.7 Å². The van der Waals surface area contributed by atoms with Gasteiger partial charge in [0.2, 0.25) is 0 Å². The Balaban J connectivity index is 1.35. The van der Waals surface area contributed by atoms with Crippen LogP contribution in [0.4, 0.5) is 10.5 Å². The molecule has 2 fully saturated rings. The van der Waals surface area contributed by atoms with Crippen molar-refractivity contribution in [3.8, 4) is 17.2 Å². The standard InChI is InChI=1S/C25H24N2O7/c1-24-10-9-17(28)22-25(24)11-12-26(2)19(24)13-14-3-8-18(21(34-22)20(14)25)33-23(29)32-16-6-4-15(5-7-16)27(30)31/h3-8,19,22H,9-13H2,1-2H3/t19-,22+,24+,25+/m1/s1. The highest BCUT2D eigenvalue weighted by molar-refractivity contribution is 5.89. The number of rotatable bonds is 3. The maximum atomic E-state index is 13.1. The second-order valence-electron chi connectivity index (χ2n) is 9.94. The van der Waals surface area contributed by atoms with Crippen LogP contribution in [0.25, 0.3) is 0 Å². The number of nitro benzene ring substituents is 1. The van der Waals surface area contributed by atoms with Crippen LogP contribution in [0.2, 0.25) is 0 Å². The van der Waals surface area contributed by atoms with E-state index >= 15 is 0 Å². The zero-order chi connectivity index (χ0) is 23.8. The fourth-order valence-electron chi connectivity index (χ4n) is 6.91. The van der Waals surface area contributed by atoms with Gasteiger partial charge in [0, 0.05) is 30.2 Å². The lowest BCUT2D eigenvalue weighted by atomic mass is 9.44. The fourth-order valence-corrected chi connectivity index (χ4v) is 6.91. The molecule has 2 aliphatic carbocycles. The molecule has 4 atom stereocenters. The van der Waals surface area contributed by atoms with Crippen LogP contribution in [0.3, 0.4) is 0 Å². The van der Waals surface area contributed by atoms with Gasteiger partial charge in [-0.2, -0.15) is 0 Å². The highest BCUT2D eigenvalue weighted by atomic mass is 16.7. The van der Waals surface area contributed by atoms with Crippen LogP contribution in [0.5, 0.6) is 17.2 Å². The third-order valence-electron chi connectivity index (χ3n) is 8.52. The summed E-state index contributed by atoms with van der Waals surface area (Å²) in [5.74, 6) is 0.915. The Bertz CT molecular complexity index is 1240. The minimum Gasteiger partial charge on any atom is -0.477 e. The van der Waals surface area contributed by atoms with Gasteiger partial charge in [0.05, 0.1) is 10.3 Å². The Kier molecular flexibility index (Phi) is 4.36. The average Bonchev–Trinajstić information content (AvgIpc) is 3.16. The summed E-state index contributed by atoms with van der Waals surface area (Å²) in [5, 5.41) is 10.8. The number of hydrogen-bond acceptors (Lipinski definition) is 8. The summed E-state index contributed by atoms with van der Waals surface area (Å²) in [6.07, 6.45) is 1.40. The van der Waals surface area contributed by atoms with Gasteiger partial charge in [0.15, 0.2) is 23.4 Å². The second-order valence-corrected chi connectivity index (χ2v) is 9.94. The van der Waals surface area contributed by atoms with E-state index in [0.717, 1.165) is 36.9 Å². The van der Waals surface area contributed by atoms with Crippen molar-refractivity contribution in [2.45, 2.75) is 50.2 Å². The van der Waals surface area contributed by atoms with Crippen LogP contribution in [0.1, 0.15) is 37.3 Å². The van der Waals surface area contributed by atoms with Gasteiger partial charge in [-0.15, -0.1) is 0 Å². The molecule has 34 heavy (non-hydrogen) atoms. The number of carbonyl (C=O) groups excluding carboxylic acids is 2. The average molecular weight is 464 g/mol. The van der Waals surface area contributed by atoms with E-state index in [1.165, 1.54) is 24.3 Å². The largest absolute Gasteiger partial charge is 0.519 e. The molecule has 9 heteroatoms. The molecular formula is C25H24N2O7. The summed E-state index contributed by atoms with van der Waals surface area (Å²) in [6.45, 7) is 3.16. The van der Waals surface area contributed by atoms with Gasteiger partial charge in [-0.1, -0.05) is 13.0 Å². The zero-order valence-corrected chi connectivity index (χ0v) is 18.9. The molecule has 4 aliphatic rings. The predicted molar refractivity (Wildman–Crippen MR) is 119 cm³/mol. The number of piperidine rings is 1. The number of nitro groups is 1. The molecule has 2 aromatic carbocycles. The van der Waals surface area contributed by atoms with Crippen LogP contribution >= 0.6 is 0 Å². The number of nitrogens with zero attached hydrogens (tertiary/aromatic N) is 2. The first kappa shape index (κ1) is 21.1. The molecule has 0 amide bonds. The molecule has 0 unspecified atom stereocenters. The Morgan fingerprint density at radius 2 is 1.94 bits per heavy atom. The van der Waals surface area contributed by atoms with Gasteiger partial charge in [0.1, 0.15) is 5.75 Å². The van der Waals surface area contributed by atoms with Crippen molar-refractivity contribution < 1.29 is 28.7 Å². The summed E-state index contributed by atoms with van der Waals surface area (Å²) in [5.41, 5.74) is 1.50. The van der Waals surface area contributed by atoms with E-state index in [4.69, 9.17) is 14.2 Å². The number of ketones is 1. The van der Waals surface area contributed by atoms with Crippen LogP contribution in [0.15, 0.2) is 36.4 Å². The minimum absolute atomic E-state index is 0.101. The van der Waals surface area contributed by atoms with Crippen molar-refractivity contribution >= 4 is 17.6 Å². The number of hydrogen-bond donors (Lipinski definition) is 0. The maximum absolute atomic E-state index is 13.1. The lowest BCUT2D eigenvalue weighted by molar-refractivity contribution is -0.384. The summed E-state index contributed by atoms with van der Waals surface area (Å²) in [6, 6.07) is 9.13. The van der Waals surface area contributed by atoms with Gasteiger partial charge < -0.3 is 19.1 Å². The normalized spacial score (nSPS) is 30.8. The Labute approximate surface area is 195 Å². The molecule has 2 heterocycles. The van der Waals surface area contributed by atoms with E-state index in [1.54, 1.807) is 6.07 Å². The van der Waals surface area contributed by atoms with Crippen LogP contribution < -0.4 is 14.2 Å². The van der Waals surface area contributed by atoms with E-state index < -0.39 is 22.6 Å². The maximum Gasteiger partial charge on any atom is 0.519 e. The summed E-state index contributed by atoms with van der Waals surface area (Å²) in [4.78, 5) is 38.3. The Morgan fingerprint density at radius 1 is 1.18 bits per heavy atom. The molecule has 0 radical (unpaired) electrons. The molecule has 1 saturated carbocycles. The van der Waals surface area contributed by atoms with Crippen molar-refractivity contribution in [1.82, 2.24) is 4.90 Å². The highest BCUT2D eigenvalue weighted by Crippen LogP contribution is 2.68. The number of non-ortho nitro benzene ring substituents is 1. The van der Waals surface area contributed by atoms with E-state index in [-0.39, 0.29) is 28.4 Å². The van der Waals surface area contributed by atoms with Crippen molar-refractivity contribution in [3.63, 3.8) is 0 Å². The highest BCUT2D eigenvalue weighted by Gasteiger charge is 2.71. The molecule has 1 saturated heterocycles. The SMILES string of the molecule is CN1CC[C@]23c4c5ccc(OC(=O)Oc6ccc([N+](=O)[O-])cc6)c4O[C@H]2C(=O)CC[C@@]3(C)[C@H]1C5. The third-order valence-corrected chi connectivity index (χ3v) is 8.52. The number of benzene rings is 2. The van der Waals surface area contributed by atoms with Gasteiger partial charge in [-0.05, 0) is 62.0 Å². The summed E-state index contributed by atoms with van der Waals surface area (Å²) in [7, 11) is 2.15. The van der Waals surface area contributed by atoms with Crippen molar-refractivity contribution in [2.75, 3.05) is 13.6 Å². The Morgan fingerprint density at radius 3 is 2.68 bits per heavy atom. The molecule has 176 valence electrons. The minimum atomic E-state index is -0.979. The van der Waals surface area contributed by atoms with Gasteiger partial charge in [0.25, 0.3) is 5.69 Å². The van der Waals surface area contributed by atoms with Crippen molar-refractivity contribution in [1.29, 1.82) is 0 Å². The van der Waals surface area contributed by atoms with Crippen molar-refractivity contribution in [3.05, 3.63) is 57.6 Å². The van der Waals surface area contributed by atoms with E-state index in [1.807, 2.05) is 6.07 Å². The molecule has 2 aliphatic heterocycles. The van der Waals surface area contributed by atoms with Crippen LogP contribution in [-0.4, -0.2) is 47.5 Å². The Hall–Kier alpha value is -3.46. The quantitative estimate of drug-likeness (QED) is 0.292. The van der Waals surface area contributed by atoms with Gasteiger partial charge in [-0.3, -0.25) is 14.9 Å². The first-order valence-electron chi connectivity index (χ1n) is 11.4. The van der Waals surface area contributed by atoms with Crippen LogP contribution in [-0.2, 0) is 16.6 Å². The molecule has 2 bridgehead atoms. The zero-order valence-electron chi connectivity index (χ0n) is 18.9. The van der Waals surface area contributed by atoms with Crippen LogP contribution in [0, 0.1) is 15.5 Å². The predicted octanol–water partition coefficient (Wildman–Crippen LogP) is 3.80. The van der Waals surface area contributed by atoms with Gasteiger partial charge in [-0.25, -0.2) is 4.79 Å². The number of ether oxygens (including phenoxy) is 3. The van der Waals surface area contributed by atoms with E-state index in [0.29, 0.717) is 18.2 Å². The van der Waals surface area contributed by atoms with Crippen molar-refractivity contribution in [2.24, 2.45) is 5.41 Å². The molecule has 2 aromatic rings. The lowest BCUT2D eigenvalue weighted by Crippen LogP contribution is -2.70. The molecule has 9 nitrogen and oxygen atoms in total. The van der Waals surface area contributed by atoms with Gasteiger partial charge >= 0.3 is 6.16 Å². The summed E-state index contributed by atoms with van der Waals surface area (Å²) < 4.78 is 17.1. The number of likely N-dealkylation sites (tertiary alicyclic amines) is 1. The monoisotopic (exact) mass is 464 g/mol. The van der Waals surface area contributed by atoms with E-state index in [2.05, 4.69) is 18.9 Å². The molecule has 6 rings (SSSR count). The first-order chi connectivity index (χ1) is 16.2.